The van der Waals surface area contributed by atoms with Crippen molar-refractivity contribution < 1.29 is 0 Å². The van der Waals surface area contributed by atoms with Crippen LogP contribution in [0.5, 0.6) is 0 Å². The van der Waals surface area contributed by atoms with Gasteiger partial charge >= 0.3 is 0 Å². The molecule has 0 aliphatic rings. The fraction of sp³-hybridized carbons (Fsp3) is 0.769. The molecule has 1 aromatic heterocycles. The Hall–Kier alpha value is -0.350. The minimum absolute atomic E-state index is 0.211. The zero-order valence-corrected chi connectivity index (χ0v) is 13.1. The Labute approximate surface area is 113 Å². The first-order valence-electron chi connectivity index (χ1n) is 6.36. The van der Waals surface area contributed by atoms with Crippen LogP contribution >= 0.6 is 15.9 Å². The molecule has 3 nitrogen and oxygen atoms in total. The molecule has 0 saturated heterocycles. The number of nitrogens with zero attached hydrogens (tertiary/aromatic N) is 2. The van der Waals surface area contributed by atoms with Gasteiger partial charge in [-0.2, -0.15) is 5.10 Å². The lowest BCUT2D eigenvalue weighted by molar-refractivity contribution is 0.232. The highest BCUT2D eigenvalue weighted by atomic mass is 79.9. The van der Waals surface area contributed by atoms with Gasteiger partial charge < -0.3 is 5.32 Å². The zero-order chi connectivity index (χ0) is 13.1. The smallest absolute Gasteiger partial charge is 0.0701 e. The first kappa shape index (κ1) is 14.7. The van der Waals surface area contributed by atoms with Crippen molar-refractivity contribution >= 4 is 15.9 Å². The number of halogens is 1. The Kier molecular flexibility index (Phi) is 5.20. The van der Waals surface area contributed by atoms with Gasteiger partial charge in [0, 0.05) is 6.54 Å². The average Bonchev–Trinajstić information content (AvgIpc) is 2.63. The monoisotopic (exact) mass is 301 g/mol. The van der Waals surface area contributed by atoms with Crippen molar-refractivity contribution in [3.8, 4) is 0 Å². The molecule has 98 valence electrons. The molecule has 0 fully saturated rings. The summed E-state index contributed by atoms with van der Waals surface area (Å²) in [4.78, 5) is 0. The van der Waals surface area contributed by atoms with Crippen LogP contribution in [0.4, 0.5) is 0 Å². The van der Waals surface area contributed by atoms with E-state index in [2.05, 4.69) is 58.7 Å². The normalized spacial score (nSPS) is 14.0. The molecule has 0 spiro atoms. The molecule has 0 saturated carbocycles. The predicted octanol–water partition coefficient (Wildman–Crippen LogP) is 3.75. The van der Waals surface area contributed by atoms with Crippen molar-refractivity contribution in [2.45, 2.75) is 53.1 Å². The van der Waals surface area contributed by atoms with Crippen molar-refractivity contribution in [1.82, 2.24) is 15.1 Å². The van der Waals surface area contributed by atoms with E-state index in [1.165, 1.54) is 5.69 Å². The molecule has 0 bridgehead atoms. The molecule has 1 unspecified atom stereocenters. The maximum Gasteiger partial charge on any atom is 0.0701 e. The molecule has 0 amide bonds. The second-order valence-electron chi connectivity index (χ2n) is 5.16. The second kappa shape index (κ2) is 6.01. The molecule has 1 aromatic rings. The number of hydrogen-bond donors (Lipinski definition) is 1. The summed E-state index contributed by atoms with van der Waals surface area (Å²) in [6.07, 6.45) is 4.13. The molecule has 1 rings (SSSR count). The Morgan fingerprint density at radius 3 is 2.59 bits per heavy atom. The largest absolute Gasteiger partial charge is 0.311 e. The van der Waals surface area contributed by atoms with Crippen LogP contribution in [0, 0.1) is 5.41 Å². The van der Waals surface area contributed by atoms with Gasteiger partial charge in [-0.25, -0.2) is 0 Å². The molecule has 17 heavy (non-hydrogen) atoms. The predicted molar refractivity (Wildman–Crippen MR) is 76.1 cm³/mol. The van der Waals surface area contributed by atoms with E-state index in [4.69, 9.17) is 0 Å². The van der Waals surface area contributed by atoms with Crippen LogP contribution in [0.3, 0.4) is 0 Å². The van der Waals surface area contributed by atoms with Crippen molar-refractivity contribution in [3.63, 3.8) is 0 Å². The van der Waals surface area contributed by atoms with Gasteiger partial charge in [0.25, 0.3) is 0 Å². The molecule has 0 radical (unpaired) electrons. The molecular weight excluding hydrogens is 278 g/mol. The average molecular weight is 302 g/mol. The van der Waals surface area contributed by atoms with Crippen LogP contribution in [-0.4, -0.2) is 16.8 Å². The molecule has 1 atom stereocenters. The lowest BCUT2D eigenvalue weighted by atomic mass is 9.80. The minimum Gasteiger partial charge on any atom is -0.311 e. The molecular formula is C13H24BrN3. The van der Waals surface area contributed by atoms with Gasteiger partial charge in [-0.15, -0.1) is 0 Å². The second-order valence-corrected chi connectivity index (χ2v) is 6.02. The SMILES string of the molecule is CCCn1ncc(Br)c1C(NC)C(C)(C)CC. The van der Waals surface area contributed by atoms with Crippen LogP contribution in [-0.2, 0) is 6.54 Å². The van der Waals surface area contributed by atoms with Crippen LogP contribution in [0.15, 0.2) is 10.7 Å². The summed E-state index contributed by atoms with van der Waals surface area (Å²) in [5, 5.41) is 7.90. The molecule has 0 aliphatic heterocycles. The highest BCUT2D eigenvalue weighted by Crippen LogP contribution is 2.38. The van der Waals surface area contributed by atoms with Crippen molar-refractivity contribution in [1.29, 1.82) is 0 Å². The number of hydrogen-bond acceptors (Lipinski definition) is 2. The quantitative estimate of drug-likeness (QED) is 0.867. The van der Waals surface area contributed by atoms with E-state index < -0.39 is 0 Å². The van der Waals surface area contributed by atoms with E-state index in [9.17, 15) is 0 Å². The lowest BCUT2D eigenvalue weighted by Gasteiger charge is -2.34. The van der Waals surface area contributed by atoms with Gasteiger partial charge in [0.15, 0.2) is 0 Å². The third-order valence-electron chi connectivity index (χ3n) is 3.52. The molecule has 0 aromatic carbocycles. The summed E-state index contributed by atoms with van der Waals surface area (Å²) < 4.78 is 3.22. The fourth-order valence-corrected chi connectivity index (χ4v) is 2.68. The summed E-state index contributed by atoms with van der Waals surface area (Å²) in [6.45, 7) is 9.98. The summed E-state index contributed by atoms with van der Waals surface area (Å²) in [6, 6.07) is 0.316. The summed E-state index contributed by atoms with van der Waals surface area (Å²) in [5.74, 6) is 0. The number of nitrogens with one attached hydrogen (secondary N) is 1. The fourth-order valence-electron chi connectivity index (χ4n) is 2.15. The van der Waals surface area contributed by atoms with Crippen LogP contribution in [0.1, 0.15) is 52.3 Å². The van der Waals surface area contributed by atoms with Crippen molar-refractivity contribution in [3.05, 3.63) is 16.4 Å². The standard InChI is InChI=1S/C13H24BrN3/c1-6-8-17-11(10(14)9-16-17)12(15-5)13(3,4)7-2/h9,12,15H,6-8H2,1-5H3. The van der Waals surface area contributed by atoms with Gasteiger partial charge in [-0.1, -0.05) is 27.7 Å². The van der Waals surface area contributed by atoms with Gasteiger partial charge in [0.2, 0.25) is 0 Å². The summed E-state index contributed by atoms with van der Waals surface area (Å²) in [7, 11) is 2.03. The minimum atomic E-state index is 0.211. The highest BCUT2D eigenvalue weighted by Gasteiger charge is 2.31. The van der Waals surface area contributed by atoms with Gasteiger partial charge in [0.05, 0.1) is 22.4 Å². The number of aromatic nitrogens is 2. The first-order chi connectivity index (χ1) is 7.97. The van der Waals surface area contributed by atoms with Crippen LogP contribution in [0.25, 0.3) is 0 Å². The van der Waals surface area contributed by atoms with E-state index in [0.717, 1.165) is 23.9 Å². The zero-order valence-electron chi connectivity index (χ0n) is 11.5. The van der Waals surface area contributed by atoms with E-state index >= 15 is 0 Å². The molecule has 4 heteroatoms. The first-order valence-corrected chi connectivity index (χ1v) is 7.15. The lowest BCUT2D eigenvalue weighted by Crippen LogP contribution is -2.33. The van der Waals surface area contributed by atoms with E-state index in [1.807, 2.05) is 13.2 Å². The van der Waals surface area contributed by atoms with Crippen LogP contribution in [0.2, 0.25) is 0 Å². The number of aryl methyl sites for hydroxylation is 1. The highest BCUT2D eigenvalue weighted by molar-refractivity contribution is 9.10. The maximum absolute atomic E-state index is 4.45. The Bertz CT molecular complexity index is 358. The third kappa shape index (κ3) is 3.10. The Morgan fingerprint density at radius 1 is 1.47 bits per heavy atom. The topological polar surface area (TPSA) is 29.9 Å². The molecule has 0 aliphatic carbocycles. The Balaban J connectivity index is 3.15. The van der Waals surface area contributed by atoms with E-state index in [0.29, 0.717) is 6.04 Å². The van der Waals surface area contributed by atoms with Gasteiger partial charge in [0.1, 0.15) is 0 Å². The van der Waals surface area contributed by atoms with Gasteiger partial charge in [-0.3, -0.25) is 4.68 Å². The van der Waals surface area contributed by atoms with Crippen LogP contribution < -0.4 is 5.32 Å². The Morgan fingerprint density at radius 2 is 2.12 bits per heavy atom. The van der Waals surface area contributed by atoms with Gasteiger partial charge in [-0.05, 0) is 41.2 Å². The maximum atomic E-state index is 4.45. The molecule has 1 heterocycles. The van der Waals surface area contributed by atoms with E-state index in [1.54, 1.807) is 0 Å². The molecule has 1 N–H and O–H groups in total. The number of rotatable bonds is 6. The van der Waals surface area contributed by atoms with Crippen molar-refractivity contribution in [2.24, 2.45) is 5.41 Å². The summed E-state index contributed by atoms with van der Waals surface area (Å²) in [5.41, 5.74) is 1.48. The van der Waals surface area contributed by atoms with Crippen molar-refractivity contribution in [2.75, 3.05) is 7.05 Å². The third-order valence-corrected chi connectivity index (χ3v) is 4.13. The van der Waals surface area contributed by atoms with E-state index in [-0.39, 0.29) is 5.41 Å². The summed E-state index contributed by atoms with van der Waals surface area (Å²) >= 11 is 3.63.